The minimum absolute atomic E-state index is 0.140. The summed E-state index contributed by atoms with van der Waals surface area (Å²) < 4.78 is 7.04. The Morgan fingerprint density at radius 2 is 2.05 bits per heavy atom. The van der Waals surface area contributed by atoms with Gasteiger partial charge in [-0.25, -0.2) is 9.78 Å². The van der Waals surface area contributed by atoms with Gasteiger partial charge in [0.1, 0.15) is 17.6 Å². The third-order valence-corrected chi connectivity index (χ3v) is 3.15. The van der Waals surface area contributed by atoms with Crippen LogP contribution in [0.15, 0.2) is 48.8 Å². The van der Waals surface area contributed by atoms with Gasteiger partial charge in [-0.15, -0.1) is 0 Å². The molecule has 1 N–H and O–H groups in total. The van der Waals surface area contributed by atoms with Gasteiger partial charge in [0.05, 0.1) is 23.8 Å². The maximum Gasteiger partial charge on any atom is 0.339 e. The first kappa shape index (κ1) is 12.2. The molecule has 0 fully saturated rings. The zero-order valence-corrected chi connectivity index (χ0v) is 10.8. The molecular weight excluding hydrogens is 256 g/mol. The fourth-order valence-electron chi connectivity index (χ4n) is 2.17. The molecule has 3 aromatic rings. The van der Waals surface area contributed by atoms with Crippen molar-refractivity contribution < 1.29 is 14.6 Å². The van der Waals surface area contributed by atoms with E-state index in [0.29, 0.717) is 5.75 Å². The summed E-state index contributed by atoms with van der Waals surface area (Å²) in [5.74, 6) is -0.684. The highest BCUT2D eigenvalue weighted by Gasteiger charge is 2.12. The number of hydrogen-bond donors (Lipinski definition) is 1. The lowest BCUT2D eigenvalue weighted by molar-refractivity contribution is 0.0693. The van der Waals surface area contributed by atoms with E-state index in [1.54, 1.807) is 18.5 Å². The van der Waals surface area contributed by atoms with E-state index < -0.39 is 5.97 Å². The van der Waals surface area contributed by atoms with Crippen LogP contribution in [0.4, 0.5) is 0 Å². The normalized spacial score (nSPS) is 10.7. The first-order valence-electron chi connectivity index (χ1n) is 6.04. The summed E-state index contributed by atoms with van der Waals surface area (Å²) in [4.78, 5) is 15.4. The van der Waals surface area contributed by atoms with Gasteiger partial charge in [-0.2, -0.15) is 0 Å². The molecule has 0 aliphatic heterocycles. The number of fused-ring (bicyclic) bond motifs is 1. The smallest absolute Gasteiger partial charge is 0.339 e. The van der Waals surface area contributed by atoms with Gasteiger partial charge in [0.15, 0.2) is 0 Å². The molecule has 0 saturated heterocycles. The largest absolute Gasteiger partial charge is 0.496 e. The van der Waals surface area contributed by atoms with Crippen molar-refractivity contribution >= 4 is 17.0 Å². The van der Waals surface area contributed by atoms with Gasteiger partial charge in [0, 0.05) is 6.07 Å². The van der Waals surface area contributed by atoms with Gasteiger partial charge in [0.2, 0.25) is 0 Å². The van der Waals surface area contributed by atoms with Crippen LogP contribution in [0.2, 0.25) is 0 Å². The molecule has 0 unspecified atom stereocenters. The van der Waals surface area contributed by atoms with E-state index in [-0.39, 0.29) is 5.56 Å². The zero-order valence-electron chi connectivity index (χ0n) is 10.8. The fourth-order valence-corrected chi connectivity index (χ4v) is 2.17. The zero-order chi connectivity index (χ0) is 14.1. The molecule has 100 valence electrons. The highest BCUT2D eigenvalue weighted by molar-refractivity contribution is 5.91. The fraction of sp³-hybridized carbons (Fsp3) is 0.0667. The van der Waals surface area contributed by atoms with Crippen LogP contribution in [-0.2, 0) is 0 Å². The second-order valence-corrected chi connectivity index (χ2v) is 4.29. The molecule has 20 heavy (non-hydrogen) atoms. The predicted molar refractivity (Wildman–Crippen MR) is 74.6 cm³/mol. The number of carboxylic acids is 1. The molecular formula is C15H12N2O3. The lowest BCUT2D eigenvalue weighted by Crippen LogP contribution is -2.02. The SMILES string of the molecule is COc1cc(-n2cnc3ccccc32)ccc1C(=O)O. The molecule has 0 spiro atoms. The number of nitrogens with zero attached hydrogens (tertiary/aromatic N) is 2. The minimum atomic E-state index is -1.01. The third-order valence-electron chi connectivity index (χ3n) is 3.15. The lowest BCUT2D eigenvalue weighted by Gasteiger charge is -2.09. The van der Waals surface area contributed by atoms with Crippen molar-refractivity contribution in [2.24, 2.45) is 0 Å². The van der Waals surface area contributed by atoms with Crippen molar-refractivity contribution in [1.29, 1.82) is 0 Å². The number of para-hydroxylation sites is 2. The Kier molecular flexibility index (Phi) is 2.87. The quantitative estimate of drug-likeness (QED) is 0.793. The van der Waals surface area contributed by atoms with Crippen LogP contribution in [-0.4, -0.2) is 27.7 Å². The summed E-state index contributed by atoms with van der Waals surface area (Å²) in [7, 11) is 1.46. The van der Waals surface area contributed by atoms with E-state index in [9.17, 15) is 4.79 Å². The number of rotatable bonds is 3. The molecule has 0 saturated carbocycles. The predicted octanol–water partition coefficient (Wildman–Crippen LogP) is 2.73. The van der Waals surface area contributed by atoms with E-state index in [0.717, 1.165) is 16.7 Å². The van der Waals surface area contributed by atoms with Crippen molar-refractivity contribution in [3.63, 3.8) is 0 Å². The first-order chi connectivity index (χ1) is 9.70. The topological polar surface area (TPSA) is 64.4 Å². The second-order valence-electron chi connectivity index (χ2n) is 4.29. The van der Waals surface area contributed by atoms with E-state index >= 15 is 0 Å². The number of benzene rings is 2. The monoisotopic (exact) mass is 268 g/mol. The minimum Gasteiger partial charge on any atom is -0.496 e. The van der Waals surface area contributed by atoms with Crippen molar-refractivity contribution in [2.75, 3.05) is 7.11 Å². The first-order valence-corrected chi connectivity index (χ1v) is 6.04. The summed E-state index contributed by atoms with van der Waals surface area (Å²) in [6.45, 7) is 0. The molecule has 0 aliphatic carbocycles. The second kappa shape index (κ2) is 4.70. The van der Waals surface area contributed by atoms with E-state index in [1.165, 1.54) is 13.2 Å². The van der Waals surface area contributed by atoms with E-state index in [2.05, 4.69) is 4.98 Å². The van der Waals surface area contributed by atoms with Crippen LogP contribution in [0.25, 0.3) is 16.7 Å². The van der Waals surface area contributed by atoms with E-state index in [1.807, 2.05) is 28.8 Å². The summed E-state index contributed by atoms with van der Waals surface area (Å²) in [5.41, 5.74) is 2.78. The molecule has 0 radical (unpaired) electrons. The average Bonchev–Trinajstić information content (AvgIpc) is 2.90. The maximum absolute atomic E-state index is 11.1. The summed E-state index contributed by atoms with van der Waals surface area (Å²) >= 11 is 0. The van der Waals surface area contributed by atoms with Crippen molar-refractivity contribution in [3.8, 4) is 11.4 Å². The standard InChI is InChI=1S/C15H12N2O3/c1-20-14-8-10(6-7-11(14)15(18)19)17-9-16-12-4-2-3-5-13(12)17/h2-9H,1H3,(H,18,19). The molecule has 0 atom stereocenters. The molecule has 5 nitrogen and oxygen atoms in total. The highest BCUT2D eigenvalue weighted by atomic mass is 16.5. The van der Waals surface area contributed by atoms with Crippen molar-refractivity contribution in [3.05, 3.63) is 54.4 Å². The van der Waals surface area contributed by atoms with Gasteiger partial charge >= 0.3 is 5.97 Å². The van der Waals surface area contributed by atoms with Gasteiger partial charge in [0.25, 0.3) is 0 Å². The van der Waals surface area contributed by atoms with Crippen LogP contribution < -0.4 is 4.74 Å². The van der Waals surface area contributed by atoms with Gasteiger partial charge in [-0.3, -0.25) is 4.57 Å². The molecule has 0 aliphatic rings. The molecule has 1 heterocycles. The van der Waals surface area contributed by atoms with Crippen LogP contribution in [0.3, 0.4) is 0 Å². The Morgan fingerprint density at radius 3 is 2.80 bits per heavy atom. The number of methoxy groups -OCH3 is 1. The Hall–Kier alpha value is -2.82. The van der Waals surface area contributed by atoms with Gasteiger partial charge in [-0.1, -0.05) is 12.1 Å². The van der Waals surface area contributed by atoms with Crippen LogP contribution in [0, 0.1) is 0 Å². The molecule has 3 rings (SSSR count). The number of imidazole rings is 1. The Morgan fingerprint density at radius 1 is 1.25 bits per heavy atom. The van der Waals surface area contributed by atoms with Crippen molar-refractivity contribution in [1.82, 2.24) is 9.55 Å². The molecule has 0 bridgehead atoms. The van der Waals surface area contributed by atoms with E-state index in [4.69, 9.17) is 9.84 Å². The van der Waals surface area contributed by atoms with Crippen molar-refractivity contribution in [2.45, 2.75) is 0 Å². The highest BCUT2D eigenvalue weighted by Crippen LogP contribution is 2.25. The average molecular weight is 268 g/mol. The molecule has 5 heteroatoms. The number of ether oxygens (including phenoxy) is 1. The van der Waals surface area contributed by atoms with Gasteiger partial charge in [-0.05, 0) is 24.3 Å². The number of carbonyl (C=O) groups is 1. The summed E-state index contributed by atoms with van der Waals surface area (Å²) in [5, 5.41) is 9.09. The van der Waals surface area contributed by atoms with Crippen LogP contribution in [0.5, 0.6) is 5.75 Å². The summed E-state index contributed by atoms with van der Waals surface area (Å²) in [6.07, 6.45) is 1.71. The number of hydrogen-bond acceptors (Lipinski definition) is 3. The Balaban J connectivity index is 2.17. The van der Waals surface area contributed by atoms with Crippen LogP contribution >= 0.6 is 0 Å². The molecule has 1 aromatic heterocycles. The third kappa shape index (κ3) is 1.89. The van der Waals surface area contributed by atoms with Gasteiger partial charge < -0.3 is 9.84 Å². The molecule has 0 amide bonds. The number of carboxylic acid groups (broad SMARTS) is 1. The number of aromatic nitrogens is 2. The van der Waals surface area contributed by atoms with Crippen LogP contribution in [0.1, 0.15) is 10.4 Å². The number of aromatic carboxylic acids is 1. The summed E-state index contributed by atoms with van der Waals surface area (Å²) in [6, 6.07) is 12.7. The molecule has 2 aromatic carbocycles. The Bertz CT molecular complexity index is 793. The lowest BCUT2D eigenvalue weighted by atomic mass is 10.1. The Labute approximate surface area is 115 Å². The maximum atomic E-state index is 11.1.